The van der Waals surface area contributed by atoms with Gasteiger partial charge in [0.25, 0.3) is 0 Å². The second-order valence-corrected chi connectivity index (χ2v) is 10.2. The molecule has 1 saturated heterocycles. The summed E-state index contributed by atoms with van der Waals surface area (Å²) >= 11 is 9.87. The second-order valence-electron chi connectivity index (χ2n) is 8.98. The second kappa shape index (κ2) is 9.52. The monoisotopic (exact) mass is 486 g/mol. The lowest BCUT2D eigenvalue weighted by molar-refractivity contribution is -0.153. The number of nitrogens with zero attached hydrogens (tertiary/aromatic N) is 2. The Morgan fingerprint density at radius 1 is 1.45 bits per heavy atom. The highest BCUT2D eigenvalue weighted by molar-refractivity contribution is 9.10. The van der Waals surface area contributed by atoms with E-state index in [0.29, 0.717) is 11.0 Å². The van der Waals surface area contributed by atoms with Crippen LogP contribution < -0.4 is 4.90 Å². The minimum Gasteiger partial charge on any atom is -0.464 e. The zero-order chi connectivity index (χ0) is 21.2. The highest BCUT2D eigenvalue weighted by atomic mass is 79.9. The first-order chi connectivity index (χ1) is 13.8. The molecule has 29 heavy (non-hydrogen) atoms. The fourth-order valence-corrected chi connectivity index (χ4v) is 5.81. The molecule has 5 nitrogen and oxygen atoms in total. The SMILES string of the molecule is CCOC(=O)[C@@H](O)c1c(Cl)ncc(Br)c1N1CCC(C)(CC2CCC[C@H]2C)CC1. The molecule has 2 heterocycles. The van der Waals surface area contributed by atoms with Gasteiger partial charge in [-0.05, 0) is 59.4 Å². The van der Waals surface area contributed by atoms with Crippen LogP contribution in [0, 0.1) is 17.3 Å². The Bertz CT molecular complexity index is 737. The Hall–Kier alpha value is -0.850. The van der Waals surface area contributed by atoms with Gasteiger partial charge < -0.3 is 14.7 Å². The summed E-state index contributed by atoms with van der Waals surface area (Å²) in [4.78, 5) is 18.5. The summed E-state index contributed by atoms with van der Waals surface area (Å²) in [5.41, 5.74) is 1.41. The maximum atomic E-state index is 12.2. The molecule has 0 radical (unpaired) electrons. The molecule has 3 rings (SSSR count). The molecule has 3 atom stereocenters. The van der Waals surface area contributed by atoms with Crippen molar-refractivity contribution in [3.05, 3.63) is 21.4 Å². The maximum absolute atomic E-state index is 12.2. The quantitative estimate of drug-likeness (QED) is 0.422. The fraction of sp³-hybridized carbons (Fsp3) is 0.727. The highest BCUT2D eigenvalue weighted by Gasteiger charge is 2.37. The molecule has 2 aliphatic rings. The van der Waals surface area contributed by atoms with Crippen molar-refractivity contribution in [2.24, 2.45) is 17.3 Å². The number of hydrogen-bond acceptors (Lipinski definition) is 5. The minimum atomic E-state index is -1.45. The third-order valence-electron chi connectivity index (χ3n) is 6.86. The number of carbonyl (C=O) groups excluding carboxylic acids is 1. The first-order valence-electron chi connectivity index (χ1n) is 10.7. The third-order valence-corrected chi connectivity index (χ3v) is 7.74. The molecule has 162 valence electrons. The van der Waals surface area contributed by atoms with Crippen LogP contribution in [0.4, 0.5) is 5.69 Å². The number of hydrogen-bond donors (Lipinski definition) is 1. The van der Waals surface area contributed by atoms with Crippen molar-refractivity contribution >= 4 is 39.2 Å². The summed E-state index contributed by atoms with van der Waals surface area (Å²) in [5, 5.41) is 10.7. The Morgan fingerprint density at radius 3 is 2.72 bits per heavy atom. The van der Waals surface area contributed by atoms with Crippen molar-refractivity contribution in [3.63, 3.8) is 0 Å². The smallest absolute Gasteiger partial charge is 0.339 e. The molecule has 0 spiro atoms. The Labute approximate surface area is 187 Å². The third kappa shape index (κ3) is 5.08. The largest absolute Gasteiger partial charge is 0.464 e. The van der Waals surface area contributed by atoms with Crippen LogP contribution in [0.3, 0.4) is 0 Å². The van der Waals surface area contributed by atoms with Gasteiger partial charge in [-0.25, -0.2) is 9.78 Å². The Kier molecular flexibility index (Phi) is 7.50. The van der Waals surface area contributed by atoms with Crippen LogP contribution in [0.25, 0.3) is 0 Å². The van der Waals surface area contributed by atoms with Crippen LogP contribution in [0.15, 0.2) is 10.7 Å². The van der Waals surface area contributed by atoms with Crippen molar-refractivity contribution < 1.29 is 14.6 Å². The lowest BCUT2D eigenvalue weighted by atomic mass is 9.72. The van der Waals surface area contributed by atoms with Crippen molar-refractivity contribution in [2.75, 3.05) is 24.6 Å². The number of aromatic nitrogens is 1. The van der Waals surface area contributed by atoms with Gasteiger partial charge in [-0.3, -0.25) is 0 Å². The van der Waals surface area contributed by atoms with E-state index in [-0.39, 0.29) is 11.8 Å². The average Bonchev–Trinajstić information content (AvgIpc) is 3.08. The molecule has 1 unspecified atom stereocenters. The van der Waals surface area contributed by atoms with Gasteiger partial charge in [-0.2, -0.15) is 0 Å². The summed E-state index contributed by atoms with van der Waals surface area (Å²) in [6.45, 7) is 8.45. The number of carbonyl (C=O) groups is 1. The molecule has 1 N–H and O–H groups in total. The van der Waals surface area contributed by atoms with E-state index >= 15 is 0 Å². The van der Waals surface area contributed by atoms with E-state index in [1.165, 1.54) is 25.7 Å². The summed E-state index contributed by atoms with van der Waals surface area (Å²) in [6.07, 6.45) is 7.73. The first kappa shape index (κ1) is 22.8. The van der Waals surface area contributed by atoms with Crippen LogP contribution in [0.5, 0.6) is 0 Å². The van der Waals surface area contributed by atoms with Gasteiger partial charge in [0.15, 0.2) is 6.10 Å². The van der Waals surface area contributed by atoms with Gasteiger partial charge in [0.05, 0.1) is 22.3 Å². The first-order valence-corrected chi connectivity index (χ1v) is 11.9. The number of aliphatic hydroxyl groups excluding tert-OH is 1. The average molecular weight is 488 g/mol. The van der Waals surface area contributed by atoms with Gasteiger partial charge in [0.2, 0.25) is 0 Å². The molecule has 1 aromatic heterocycles. The normalized spacial score (nSPS) is 25.1. The van der Waals surface area contributed by atoms with Gasteiger partial charge in [-0.1, -0.05) is 44.7 Å². The van der Waals surface area contributed by atoms with E-state index in [0.717, 1.165) is 47.9 Å². The molecule has 0 amide bonds. The number of rotatable bonds is 6. The van der Waals surface area contributed by atoms with E-state index in [1.807, 2.05) is 0 Å². The summed E-state index contributed by atoms with van der Waals surface area (Å²) in [6, 6.07) is 0. The molecule has 1 aromatic rings. The van der Waals surface area contributed by atoms with Crippen molar-refractivity contribution in [1.29, 1.82) is 0 Å². The Morgan fingerprint density at radius 2 is 2.14 bits per heavy atom. The number of pyridine rings is 1. The predicted molar refractivity (Wildman–Crippen MR) is 119 cm³/mol. The van der Waals surface area contributed by atoms with Crippen molar-refractivity contribution in [2.45, 2.75) is 65.4 Å². The van der Waals surface area contributed by atoms with Crippen LogP contribution in [0.1, 0.15) is 71.0 Å². The molecule has 1 saturated carbocycles. The minimum absolute atomic E-state index is 0.136. The number of anilines is 1. The zero-order valence-electron chi connectivity index (χ0n) is 17.6. The molecule has 2 fully saturated rings. The lowest BCUT2D eigenvalue weighted by Crippen LogP contribution is -2.40. The van der Waals surface area contributed by atoms with E-state index < -0.39 is 12.1 Å². The number of piperidine rings is 1. The number of ether oxygens (including phenoxy) is 1. The lowest BCUT2D eigenvalue weighted by Gasteiger charge is -2.43. The predicted octanol–water partition coefficient (Wildman–Crippen LogP) is 5.53. The topological polar surface area (TPSA) is 62.7 Å². The van der Waals surface area contributed by atoms with Gasteiger partial charge >= 0.3 is 5.97 Å². The molecule has 1 aliphatic carbocycles. The molecule has 1 aliphatic heterocycles. The zero-order valence-corrected chi connectivity index (χ0v) is 19.9. The molecule has 7 heteroatoms. The number of aliphatic hydroxyl groups is 1. The van der Waals surface area contributed by atoms with Crippen LogP contribution in [-0.2, 0) is 9.53 Å². The van der Waals surface area contributed by atoms with Crippen molar-refractivity contribution in [1.82, 2.24) is 4.98 Å². The molecule has 0 aromatic carbocycles. The van der Waals surface area contributed by atoms with E-state index in [4.69, 9.17) is 16.3 Å². The van der Waals surface area contributed by atoms with E-state index in [1.54, 1.807) is 13.1 Å². The molecular weight excluding hydrogens is 456 g/mol. The molecule has 0 bridgehead atoms. The van der Waals surface area contributed by atoms with Crippen LogP contribution >= 0.6 is 27.5 Å². The van der Waals surface area contributed by atoms with E-state index in [9.17, 15) is 9.90 Å². The number of halogens is 2. The molecular formula is C22H32BrClN2O3. The van der Waals surface area contributed by atoms with Crippen molar-refractivity contribution in [3.8, 4) is 0 Å². The Balaban J connectivity index is 1.78. The highest BCUT2D eigenvalue weighted by Crippen LogP contribution is 2.46. The van der Waals surface area contributed by atoms with Gasteiger partial charge in [0, 0.05) is 19.3 Å². The fourth-order valence-electron chi connectivity index (χ4n) is 5.01. The standard InChI is InChI=1S/C22H32BrClN2O3/c1-4-29-21(28)19(27)17-18(16(23)13-25-20(17)24)26-10-8-22(3,9-11-26)12-15-7-5-6-14(15)2/h13-15,19,27H,4-12H2,1-3H3/t14-,15?,19+/m1/s1. The van der Waals surface area contributed by atoms with E-state index in [2.05, 4.69) is 39.7 Å². The summed E-state index contributed by atoms with van der Waals surface area (Å²) in [5.74, 6) is 0.979. The maximum Gasteiger partial charge on any atom is 0.339 e. The summed E-state index contributed by atoms with van der Waals surface area (Å²) in [7, 11) is 0. The van der Waals surface area contributed by atoms with Crippen LogP contribution in [-0.4, -0.2) is 35.8 Å². The number of esters is 1. The summed E-state index contributed by atoms with van der Waals surface area (Å²) < 4.78 is 5.73. The van der Waals surface area contributed by atoms with Gasteiger partial charge in [-0.15, -0.1) is 0 Å². The van der Waals surface area contributed by atoms with Gasteiger partial charge in [0.1, 0.15) is 5.15 Å². The van der Waals surface area contributed by atoms with Crippen LogP contribution in [0.2, 0.25) is 5.15 Å².